The molecule has 6 rings (SSSR count). The van der Waals surface area contributed by atoms with Gasteiger partial charge in [-0.3, -0.25) is 9.59 Å². The van der Waals surface area contributed by atoms with Crippen molar-refractivity contribution in [2.24, 2.45) is 11.8 Å². The Morgan fingerprint density at radius 3 is 2.43 bits per heavy atom. The number of piperidine rings is 3. The first-order valence-electron chi connectivity index (χ1n) is 11.9. The molecule has 0 N–H and O–H groups in total. The van der Waals surface area contributed by atoms with E-state index in [1.807, 2.05) is 24.3 Å². The van der Waals surface area contributed by atoms with Gasteiger partial charge in [-0.15, -0.1) is 24.5 Å². The molecule has 4 nitrogen and oxygen atoms in total. The number of rotatable bonds is 8. The molecule has 35 heavy (non-hydrogen) atoms. The van der Waals surface area contributed by atoms with Crippen molar-refractivity contribution in [2.75, 3.05) is 19.6 Å². The second-order valence-electron chi connectivity index (χ2n) is 9.60. The Morgan fingerprint density at radius 1 is 1.00 bits per heavy atom. The zero-order valence-electron chi connectivity index (χ0n) is 19.1. The van der Waals surface area contributed by atoms with Gasteiger partial charge in [0.2, 0.25) is 0 Å². The van der Waals surface area contributed by atoms with Gasteiger partial charge >= 0.3 is 6.36 Å². The zero-order valence-corrected chi connectivity index (χ0v) is 20.0. The van der Waals surface area contributed by atoms with Crippen molar-refractivity contribution in [3.8, 4) is 5.75 Å². The zero-order chi connectivity index (χ0) is 24.6. The standard InChI is InChI=1S/C27H26F3NO3S/c28-27(29,30)34-23-3-1-2-17(12-23)10-22(32)11-18-4-5-20-15-26(35-25(20)13-18)24(33)14-21-16-31-8-6-19(21)7-9-31/h1-5,12-13,15,19,21H,6-11,14,16H2/t21-/m0/s1. The molecule has 3 aliphatic rings. The number of carbonyl (C=O) groups is 2. The SMILES string of the molecule is O=C(Cc1cccc(OC(F)(F)F)c1)Cc1ccc2cc(C(=O)C[C@H]3CN4CCC3CC4)sc2c1. The number of thiophene rings is 1. The van der Waals surface area contributed by atoms with Crippen molar-refractivity contribution in [2.45, 2.75) is 38.5 Å². The van der Waals surface area contributed by atoms with E-state index in [9.17, 15) is 22.8 Å². The van der Waals surface area contributed by atoms with Gasteiger partial charge in [0.15, 0.2) is 5.78 Å². The molecule has 3 fully saturated rings. The highest BCUT2D eigenvalue weighted by Crippen LogP contribution is 2.36. The second kappa shape index (κ2) is 9.74. The van der Waals surface area contributed by atoms with Crippen LogP contribution in [0.2, 0.25) is 0 Å². The van der Waals surface area contributed by atoms with Gasteiger partial charge in [-0.05, 0) is 78.5 Å². The van der Waals surface area contributed by atoms with Gasteiger partial charge in [0, 0.05) is 30.5 Å². The Hall–Kier alpha value is -2.71. The fourth-order valence-corrected chi connectivity index (χ4v) is 6.43. The van der Waals surface area contributed by atoms with Crippen molar-refractivity contribution in [3.63, 3.8) is 0 Å². The average Bonchev–Trinajstić information content (AvgIpc) is 3.22. The summed E-state index contributed by atoms with van der Waals surface area (Å²) in [7, 11) is 0. The number of hydrogen-bond acceptors (Lipinski definition) is 5. The number of hydrogen-bond donors (Lipinski definition) is 0. The Morgan fingerprint density at radius 2 is 1.74 bits per heavy atom. The van der Waals surface area contributed by atoms with Crippen molar-refractivity contribution in [1.29, 1.82) is 0 Å². The molecule has 1 atom stereocenters. The van der Waals surface area contributed by atoms with Crippen LogP contribution in [0, 0.1) is 11.8 Å². The van der Waals surface area contributed by atoms with Crippen LogP contribution in [-0.4, -0.2) is 42.5 Å². The van der Waals surface area contributed by atoms with Gasteiger partial charge < -0.3 is 9.64 Å². The first kappa shape index (κ1) is 24.0. The third kappa shape index (κ3) is 5.93. The van der Waals surface area contributed by atoms with E-state index >= 15 is 0 Å². The topological polar surface area (TPSA) is 46.6 Å². The van der Waals surface area contributed by atoms with Crippen LogP contribution in [-0.2, 0) is 17.6 Å². The number of fused-ring (bicyclic) bond motifs is 4. The Kier molecular flexibility index (Phi) is 6.68. The van der Waals surface area contributed by atoms with Crippen LogP contribution in [0.1, 0.15) is 40.1 Å². The number of benzene rings is 2. The highest BCUT2D eigenvalue weighted by Gasteiger charge is 2.35. The molecule has 0 saturated carbocycles. The van der Waals surface area contributed by atoms with Crippen LogP contribution in [0.15, 0.2) is 48.5 Å². The molecule has 8 heteroatoms. The van der Waals surface area contributed by atoms with E-state index in [1.54, 1.807) is 6.07 Å². The summed E-state index contributed by atoms with van der Waals surface area (Å²) in [4.78, 5) is 28.8. The molecule has 3 aromatic rings. The molecule has 0 spiro atoms. The summed E-state index contributed by atoms with van der Waals surface area (Å²) in [6, 6.07) is 13.2. The van der Waals surface area contributed by atoms with E-state index in [2.05, 4.69) is 9.64 Å². The Labute approximate surface area is 205 Å². The van der Waals surface area contributed by atoms with Gasteiger partial charge in [-0.2, -0.15) is 0 Å². The normalized spacial score (nSPS) is 21.9. The number of halogens is 3. The maximum absolute atomic E-state index is 13.0. The molecule has 184 valence electrons. The number of ketones is 2. The molecule has 2 aromatic carbocycles. The van der Waals surface area contributed by atoms with Crippen LogP contribution >= 0.6 is 11.3 Å². The molecule has 3 aliphatic heterocycles. The minimum Gasteiger partial charge on any atom is -0.406 e. The lowest BCUT2D eigenvalue weighted by Gasteiger charge is -2.44. The quantitative estimate of drug-likeness (QED) is 0.352. The summed E-state index contributed by atoms with van der Waals surface area (Å²) in [5, 5.41) is 0.987. The number of ether oxygens (including phenoxy) is 1. The lowest BCUT2D eigenvalue weighted by Crippen LogP contribution is -2.47. The van der Waals surface area contributed by atoms with Gasteiger partial charge in [0.1, 0.15) is 11.5 Å². The molecule has 0 radical (unpaired) electrons. The highest BCUT2D eigenvalue weighted by molar-refractivity contribution is 7.20. The smallest absolute Gasteiger partial charge is 0.406 e. The fraction of sp³-hybridized carbons (Fsp3) is 0.407. The molecule has 0 amide bonds. The molecule has 4 heterocycles. The minimum atomic E-state index is -4.77. The highest BCUT2D eigenvalue weighted by atomic mass is 32.1. The van der Waals surface area contributed by atoms with Crippen molar-refractivity contribution >= 4 is 33.0 Å². The van der Waals surface area contributed by atoms with Crippen molar-refractivity contribution in [3.05, 3.63) is 64.5 Å². The van der Waals surface area contributed by atoms with E-state index in [0.29, 0.717) is 23.8 Å². The van der Waals surface area contributed by atoms with Crippen molar-refractivity contribution < 1.29 is 27.5 Å². The van der Waals surface area contributed by atoms with Gasteiger partial charge in [-0.1, -0.05) is 24.3 Å². The number of nitrogens with zero attached hydrogens (tertiary/aromatic N) is 1. The molecule has 0 aliphatic carbocycles. The lowest BCUT2D eigenvalue weighted by atomic mass is 9.76. The Balaban J connectivity index is 1.22. The maximum atomic E-state index is 13.0. The first-order chi connectivity index (χ1) is 16.7. The molecular formula is C27H26F3NO3S. The van der Waals surface area contributed by atoms with E-state index in [-0.39, 0.29) is 30.2 Å². The van der Waals surface area contributed by atoms with Crippen LogP contribution < -0.4 is 4.74 Å². The third-order valence-electron chi connectivity index (χ3n) is 7.03. The van der Waals surface area contributed by atoms with Crippen molar-refractivity contribution in [1.82, 2.24) is 4.90 Å². The first-order valence-corrected chi connectivity index (χ1v) is 12.7. The molecule has 0 unspecified atom stereocenters. The summed E-state index contributed by atoms with van der Waals surface area (Å²) in [5.41, 5.74) is 1.29. The number of Topliss-reactive ketones (excluding diaryl/α,β-unsaturated/α-hetero) is 2. The van der Waals surface area contributed by atoms with E-state index < -0.39 is 6.36 Å². The summed E-state index contributed by atoms with van der Waals surface area (Å²) in [6.45, 7) is 3.35. The predicted octanol–water partition coefficient (Wildman–Crippen LogP) is 6.07. The predicted molar refractivity (Wildman–Crippen MR) is 129 cm³/mol. The van der Waals surface area contributed by atoms with Crippen LogP contribution in [0.3, 0.4) is 0 Å². The third-order valence-corrected chi connectivity index (χ3v) is 8.17. The largest absolute Gasteiger partial charge is 0.573 e. The molecular weight excluding hydrogens is 475 g/mol. The molecule has 2 bridgehead atoms. The van der Waals surface area contributed by atoms with Gasteiger partial charge in [-0.25, -0.2) is 0 Å². The summed E-state index contributed by atoms with van der Waals surface area (Å²) >= 11 is 1.47. The molecule has 3 saturated heterocycles. The number of alkyl halides is 3. The van der Waals surface area contributed by atoms with E-state index in [4.69, 9.17) is 0 Å². The van der Waals surface area contributed by atoms with E-state index in [0.717, 1.165) is 40.2 Å². The maximum Gasteiger partial charge on any atom is 0.573 e. The van der Waals surface area contributed by atoms with Crippen LogP contribution in [0.4, 0.5) is 13.2 Å². The monoisotopic (exact) mass is 501 g/mol. The van der Waals surface area contributed by atoms with Gasteiger partial charge in [0.05, 0.1) is 4.88 Å². The summed E-state index contributed by atoms with van der Waals surface area (Å²) in [6.07, 6.45) is -1.60. The minimum absolute atomic E-state index is 0.0147. The van der Waals surface area contributed by atoms with E-state index in [1.165, 1.54) is 42.4 Å². The lowest BCUT2D eigenvalue weighted by molar-refractivity contribution is -0.274. The van der Waals surface area contributed by atoms with Crippen LogP contribution in [0.5, 0.6) is 5.75 Å². The second-order valence-corrected chi connectivity index (χ2v) is 10.7. The number of carbonyl (C=O) groups excluding carboxylic acids is 2. The summed E-state index contributed by atoms with van der Waals surface area (Å²) < 4.78 is 42.2. The average molecular weight is 502 g/mol. The Bertz CT molecular complexity index is 1240. The summed E-state index contributed by atoms with van der Waals surface area (Å²) in [5.74, 6) is 0.866. The molecule has 1 aromatic heterocycles. The fourth-order valence-electron chi connectivity index (χ4n) is 5.35. The van der Waals surface area contributed by atoms with Gasteiger partial charge in [0.25, 0.3) is 0 Å². The van der Waals surface area contributed by atoms with Crippen LogP contribution in [0.25, 0.3) is 10.1 Å².